The van der Waals surface area contributed by atoms with Crippen molar-refractivity contribution in [2.75, 3.05) is 27.2 Å². The Labute approximate surface area is 173 Å². The van der Waals surface area contributed by atoms with Crippen LogP contribution in [0.4, 0.5) is 13.2 Å². The van der Waals surface area contributed by atoms with Crippen LogP contribution in [0, 0.1) is 5.92 Å². The number of likely N-dealkylation sites (tertiary alicyclic amines) is 1. The number of aliphatic hydroxyl groups is 1. The summed E-state index contributed by atoms with van der Waals surface area (Å²) in [5, 5.41) is 20.1. The summed E-state index contributed by atoms with van der Waals surface area (Å²) in [6.45, 7) is 1.83. The highest BCUT2D eigenvalue weighted by molar-refractivity contribution is 5.81. The average molecular weight is 431 g/mol. The number of carboxylic acid groups (broad SMARTS) is 1. The molecule has 0 spiro atoms. The van der Waals surface area contributed by atoms with Crippen LogP contribution in [0.15, 0.2) is 30.3 Å². The molecule has 0 bridgehead atoms. The molecule has 1 aromatic rings. The van der Waals surface area contributed by atoms with Gasteiger partial charge in [-0.3, -0.25) is 0 Å². The second kappa shape index (κ2) is 9.34. The van der Waals surface area contributed by atoms with Gasteiger partial charge in [0.1, 0.15) is 12.5 Å². The Hall–Kier alpha value is -2.13. The Kier molecular flexibility index (Phi) is 7.52. The number of carboxylic acids is 1. The zero-order valence-electron chi connectivity index (χ0n) is 17.2. The molecular weight excluding hydrogens is 403 g/mol. The van der Waals surface area contributed by atoms with E-state index in [4.69, 9.17) is 14.6 Å². The van der Waals surface area contributed by atoms with Gasteiger partial charge in [-0.25, -0.2) is 4.79 Å². The molecule has 3 rings (SSSR count). The number of ether oxygens (including phenoxy) is 1. The molecule has 1 aliphatic carbocycles. The van der Waals surface area contributed by atoms with Crippen molar-refractivity contribution in [1.82, 2.24) is 0 Å². The predicted molar refractivity (Wildman–Crippen MR) is 99.7 cm³/mol. The molecule has 2 aliphatic rings. The first kappa shape index (κ1) is 24.1. The second-order valence-electron chi connectivity index (χ2n) is 8.56. The van der Waals surface area contributed by atoms with Gasteiger partial charge in [0.25, 0.3) is 0 Å². The monoisotopic (exact) mass is 431 g/mol. The molecule has 0 amide bonds. The molecule has 2 unspecified atom stereocenters. The summed E-state index contributed by atoms with van der Waals surface area (Å²) in [6, 6.07) is 9.33. The molecule has 0 radical (unpaired) electrons. The van der Waals surface area contributed by atoms with Crippen molar-refractivity contribution in [1.29, 1.82) is 0 Å². The topological polar surface area (TPSA) is 86.7 Å². The smallest absolute Gasteiger partial charge is 0.430 e. The zero-order chi connectivity index (χ0) is 22.6. The van der Waals surface area contributed by atoms with Gasteiger partial charge >= 0.3 is 12.1 Å². The number of nitrogens with zero attached hydrogens (tertiary/aromatic N) is 1. The summed E-state index contributed by atoms with van der Waals surface area (Å²) in [6.07, 6.45) is -0.511. The molecule has 2 fully saturated rings. The maximum absolute atomic E-state index is 12.9. The van der Waals surface area contributed by atoms with Crippen molar-refractivity contribution in [3.63, 3.8) is 0 Å². The largest absolute Gasteiger partial charge is 0.542 e. The minimum absolute atomic E-state index is 0.0405. The Bertz CT molecular complexity index is 732. The van der Waals surface area contributed by atoms with Crippen LogP contribution in [-0.2, 0) is 19.9 Å². The number of benzene rings is 1. The van der Waals surface area contributed by atoms with E-state index in [-0.39, 0.29) is 12.0 Å². The van der Waals surface area contributed by atoms with Gasteiger partial charge in [0.15, 0.2) is 11.7 Å². The first-order valence-electron chi connectivity index (χ1n) is 9.95. The number of quaternary nitrogens is 1. The Morgan fingerprint density at radius 1 is 1.10 bits per heavy atom. The van der Waals surface area contributed by atoms with Gasteiger partial charge in [-0.2, -0.15) is 13.2 Å². The number of hydrogen-bond acceptors (Lipinski definition) is 5. The first-order chi connectivity index (χ1) is 13.9. The Morgan fingerprint density at radius 3 is 2.07 bits per heavy atom. The van der Waals surface area contributed by atoms with E-state index >= 15 is 0 Å². The van der Waals surface area contributed by atoms with E-state index in [0.29, 0.717) is 5.56 Å². The molecule has 0 aromatic heterocycles. The highest BCUT2D eigenvalue weighted by atomic mass is 19.4. The van der Waals surface area contributed by atoms with E-state index in [1.807, 2.05) is 30.3 Å². The van der Waals surface area contributed by atoms with Crippen LogP contribution in [0.25, 0.3) is 0 Å². The predicted octanol–water partition coefficient (Wildman–Crippen LogP) is 1.75. The van der Waals surface area contributed by atoms with E-state index in [1.165, 1.54) is 0 Å². The third-order valence-electron chi connectivity index (χ3n) is 5.73. The van der Waals surface area contributed by atoms with Gasteiger partial charge in [-0.1, -0.05) is 43.2 Å². The van der Waals surface area contributed by atoms with Crippen LogP contribution in [-0.4, -0.2) is 61.0 Å². The van der Waals surface area contributed by atoms with Gasteiger partial charge < -0.3 is 24.2 Å². The lowest BCUT2D eigenvalue weighted by Gasteiger charge is -2.33. The van der Waals surface area contributed by atoms with Crippen LogP contribution in [0.2, 0.25) is 0 Å². The van der Waals surface area contributed by atoms with Gasteiger partial charge in [0, 0.05) is 12.3 Å². The van der Waals surface area contributed by atoms with E-state index in [2.05, 4.69) is 14.1 Å². The number of aliphatic carboxylic acids is 1. The van der Waals surface area contributed by atoms with E-state index in [0.717, 1.165) is 49.7 Å². The third kappa shape index (κ3) is 5.95. The van der Waals surface area contributed by atoms with Crippen LogP contribution in [0.5, 0.6) is 0 Å². The van der Waals surface area contributed by atoms with Gasteiger partial charge in [0.05, 0.1) is 20.6 Å². The summed E-state index contributed by atoms with van der Waals surface area (Å²) >= 11 is 0. The van der Waals surface area contributed by atoms with Crippen molar-refractivity contribution >= 4 is 11.9 Å². The fraction of sp³-hybridized carbons (Fsp3) is 0.619. The van der Waals surface area contributed by atoms with Gasteiger partial charge in [-0.15, -0.1) is 0 Å². The quantitative estimate of drug-likeness (QED) is 0.580. The fourth-order valence-electron chi connectivity index (χ4n) is 4.12. The number of carbonyl (C=O) groups excluding carboxylic acids is 2. The Balaban J connectivity index is 0.000000396. The average Bonchev–Trinajstić information content (AvgIpc) is 3.31. The molecule has 1 aliphatic heterocycles. The van der Waals surface area contributed by atoms with Crippen LogP contribution < -0.4 is 5.11 Å². The maximum Gasteiger partial charge on any atom is 0.430 e. The van der Waals surface area contributed by atoms with Crippen LogP contribution in [0.1, 0.15) is 37.7 Å². The molecule has 30 heavy (non-hydrogen) atoms. The SMILES string of the molecule is C[N+]1(C)CCC(OC(=O)C(O)(c2ccccc2)C2CCCC2)C1.O=C([O-])C(F)(F)F. The molecule has 9 heteroatoms. The number of halogens is 3. The van der Waals surface area contributed by atoms with E-state index < -0.39 is 23.7 Å². The summed E-state index contributed by atoms with van der Waals surface area (Å²) in [5.74, 6) is -3.50. The van der Waals surface area contributed by atoms with Crippen LogP contribution >= 0.6 is 0 Å². The molecule has 1 saturated carbocycles. The minimum Gasteiger partial charge on any atom is -0.542 e. The van der Waals surface area contributed by atoms with Crippen molar-refractivity contribution in [2.24, 2.45) is 5.92 Å². The second-order valence-corrected chi connectivity index (χ2v) is 8.56. The number of hydrogen-bond donors (Lipinski definition) is 1. The number of esters is 1. The normalized spacial score (nSPS) is 23.2. The van der Waals surface area contributed by atoms with Crippen molar-refractivity contribution in [3.8, 4) is 0 Å². The molecular formula is C21H28F3NO5. The standard InChI is InChI=1S/C19H28NO3.C2HF3O2/c1-20(2)13-12-17(14-20)23-18(21)19(22,16-10-6-7-11-16)15-8-4-3-5-9-15;3-2(4,5)1(6)7/h3-5,8-9,16-17,22H,6-7,10-14H2,1-2H3;(H,6,7)/q+1;/p-1. The molecule has 1 saturated heterocycles. The van der Waals surface area contributed by atoms with Crippen LogP contribution in [0.3, 0.4) is 0 Å². The van der Waals surface area contributed by atoms with Crippen molar-refractivity contribution in [3.05, 3.63) is 35.9 Å². The minimum atomic E-state index is -5.19. The third-order valence-corrected chi connectivity index (χ3v) is 5.73. The molecule has 6 nitrogen and oxygen atoms in total. The Morgan fingerprint density at radius 2 is 1.63 bits per heavy atom. The number of likely N-dealkylation sites (N-methyl/N-ethyl adjacent to an activating group) is 1. The zero-order valence-corrected chi connectivity index (χ0v) is 17.2. The van der Waals surface area contributed by atoms with Crippen molar-refractivity contribution in [2.45, 2.75) is 50.0 Å². The lowest BCUT2D eigenvalue weighted by atomic mass is 9.80. The van der Waals surface area contributed by atoms with E-state index in [9.17, 15) is 23.1 Å². The summed E-state index contributed by atoms with van der Waals surface area (Å²) in [7, 11) is 4.29. The molecule has 1 aromatic carbocycles. The van der Waals surface area contributed by atoms with E-state index in [1.54, 1.807) is 0 Å². The summed E-state index contributed by atoms with van der Waals surface area (Å²) in [4.78, 5) is 21.7. The van der Waals surface area contributed by atoms with Gasteiger partial charge in [-0.05, 0) is 18.4 Å². The lowest BCUT2D eigenvalue weighted by Crippen LogP contribution is -2.46. The van der Waals surface area contributed by atoms with Crippen molar-refractivity contribution < 1.29 is 42.2 Å². The highest BCUT2D eigenvalue weighted by Gasteiger charge is 2.49. The first-order valence-corrected chi connectivity index (χ1v) is 9.95. The molecule has 1 N–H and O–H groups in total. The molecule has 168 valence electrons. The number of carbonyl (C=O) groups is 2. The highest BCUT2D eigenvalue weighted by Crippen LogP contribution is 2.42. The number of alkyl halides is 3. The number of rotatable bonds is 4. The maximum atomic E-state index is 12.9. The summed E-state index contributed by atoms with van der Waals surface area (Å²) < 4.78 is 38.2. The summed E-state index contributed by atoms with van der Waals surface area (Å²) in [5.41, 5.74) is -0.832. The lowest BCUT2D eigenvalue weighted by molar-refractivity contribution is -0.879. The fourth-order valence-corrected chi connectivity index (χ4v) is 4.12. The van der Waals surface area contributed by atoms with Gasteiger partial charge in [0.2, 0.25) is 0 Å². The molecule has 2 atom stereocenters. The molecule has 1 heterocycles.